The first-order valence-corrected chi connectivity index (χ1v) is 8.32. The van der Waals surface area contributed by atoms with Gasteiger partial charge in [0.1, 0.15) is 0 Å². The highest BCUT2D eigenvalue weighted by molar-refractivity contribution is 9.10. The minimum absolute atomic E-state index is 0.849. The predicted octanol–water partition coefficient (Wildman–Crippen LogP) is 5.86. The number of benzene rings is 3. The molecule has 0 saturated carbocycles. The molecule has 0 atom stereocenters. The van der Waals surface area contributed by atoms with Crippen molar-refractivity contribution < 1.29 is 4.74 Å². The zero-order chi connectivity index (χ0) is 16.0. The van der Waals surface area contributed by atoms with E-state index in [2.05, 4.69) is 88.1 Å². The topological polar surface area (TPSA) is 14.2 Å². The van der Waals surface area contributed by atoms with Gasteiger partial charge in [0.05, 0.1) is 28.3 Å². The van der Waals surface area contributed by atoms with Gasteiger partial charge in [-0.3, -0.25) is 0 Å². The Morgan fingerprint density at radius 2 is 1.43 bits per heavy atom. The highest BCUT2D eigenvalue weighted by atomic mass is 79.9. The van der Waals surface area contributed by atoms with Crippen LogP contribution in [0.15, 0.2) is 65.1 Å². The minimum atomic E-state index is 0.849. The molecule has 0 saturated heterocycles. The Morgan fingerprint density at radius 3 is 2.00 bits per heavy atom. The van der Waals surface area contributed by atoms with E-state index >= 15 is 0 Å². The molecule has 1 aromatic heterocycles. The molecule has 23 heavy (non-hydrogen) atoms. The molecule has 0 aliphatic heterocycles. The van der Waals surface area contributed by atoms with Crippen LogP contribution < -0.4 is 4.74 Å². The summed E-state index contributed by atoms with van der Waals surface area (Å²) in [4.78, 5) is 0. The second-order valence-electron chi connectivity index (χ2n) is 5.67. The third kappa shape index (κ3) is 2.15. The van der Waals surface area contributed by atoms with Crippen molar-refractivity contribution in [2.24, 2.45) is 0 Å². The van der Waals surface area contributed by atoms with Crippen molar-refractivity contribution in [3.63, 3.8) is 0 Å². The first-order valence-electron chi connectivity index (χ1n) is 7.53. The van der Waals surface area contributed by atoms with Gasteiger partial charge in [-0.05, 0) is 52.7 Å². The van der Waals surface area contributed by atoms with Gasteiger partial charge < -0.3 is 9.30 Å². The second kappa shape index (κ2) is 5.43. The summed E-state index contributed by atoms with van der Waals surface area (Å²) in [6.45, 7) is 2.10. The second-order valence-corrected chi connectivity index (χ2v) is 6.52. The van der Waals surface area contributed by atoms with E-state index in [1.165, 1.54) is 27.4 Å². The van der Waals surface area contributed by atoms with Crippen LogP contribution in [0.5, 0.6) is 5.75 Å². The number of ether oxygens (including phenoxy) is 1. The Morgan fingerprint density at radius 1 is 0.870 bits per heavy atom. The van der Waals surface area contributed by atoms with Gasteiger partial charge in [0.25, 0.3) is 0 Å². The number of halogens is 1. The molecule has 4 rings (SSSR count). The molecule has 0 unspecified atom stereocenters. The standard InChI is InChI=1S/C20H16BrNO/c1-13-11-16(21)20(23-2)19(12-13)22-17-9-5-3-7-14(17)15-8-4-6-10-18(15)22/h3-12H,1-2H3. The SMILES string of the molecule is COc1c(Br)cc(C)cc1-n1c2ccccc2c2ccccc21. The summed E-state index contributed by atoms with van der Waals surface area (Å²) in [5, 5.41) is 2.51. The van der Waals surface area contributed by atoms with Crippen LogP contribution >= 0.6 is 15.9 Å². The fourth-order valence-corrected chi connectivity index (χ4v) is 3.99. The number of aromatic nitrogens is 1. The van der Waals surface area contributed by atoms with Crippen molar-refractivity contribution in [1.82, 2.24) is 4.57 Å². The number of methoxy groups -OCH3 is 1. The molecule has 0 fully saturated rings. The van der Waals surface area contributed by atoms with Crippen LogP contribution in [0.3, 0.4) is 0 Å². The molecule has 4 aromatic rings. The largest absolute Gasteiger partial charge is 0.493 e. The summed E-state index contributed by atoms with van der Waals surface area (Å²) >= 11 is 3.63. The van der Waals surface area contributed by atoms with Crippen LogP contribution in [-0.4, -0.2) is 11.7 Å². The van der Waals surface area contributed by atoms with Crippen LogP contribution in [0, 0.1) is 6.92 Å². The molecular formula is C20H16BrNO. The van der Waals surface area contributed by atoms with E-state index in [4.69, 9.17) is 4.74 Å². The van der Waals surface area contributed by atoms with Gasteiger partial charge in [-0.15, -0.1) is 0 Å². The van der Waals surface area contributed by atoms with Crippen LogP contribution in [0.2, 0.25) is 0 Å². The number of hydrogen-bond acceptors (Lipinski definition) is 1. The summed E-state index contributed by atoms with van der Waals surface area (Å²) in [7, 11) is 1.72. The zero-order valence-electron chi connectivity index (χ0n) is 13.0. The van der Waals surface area contributed by atoms with E-state index in [1.54, 1.807) is 7.11 Å². The first-order chi connectivity index (χ1) is 11.2. The van der Waals surface area contributed by atoms with Crippen molar-refractivity contribution in [2.45, 2.75) is 6.92 Å². The fraction of sp³-hybridized carbons (Fsp3) is 0.100. The molecular weight excluding hydrogens is 350 g/mol. The first kappa shape index (κ1) is 14.3. The molecule has 3 aromatic carbocycles. The Balaban J connectivity index is 2.21. The summed E-state index contributed by atoms with van der Waals surface area (Å²) < 4.78 is 8.93. The van der Waals surface area contributed by atoms with E-state index in [0.717, 1.165) is 15.9 Å². The summed E-state index contributed by atoms with van der Waals surface area (Å²) in [6, 6.07) is 21.2. The monoisotopic (exact) mass is 365 g/mol. The Bertz CT molecular complexity index is 979. The normalized spacial score (nSPS) is 11.3. The van der Waals surface area contributed by atoms with Crippen molar-refractivity contribution in [3.8, 4) is 11.4 Å². The number of rotatable bonds is 2. The average molecular weight is 366 g/mol. The maximum atomic E-state index is 5.69. The zero-order valence-corrected chi connectivity index (χ0v) is 14.6. The number of aryl methyl sites for hydroxylation is 1. The van der Waals surface area contributed by atoms with Crippen LogP contribution in [0.25, 0.3) is 27.5 Å². The van der Waals surface area contributed by atoms with E-state index in [1.807, 2.05) is 0 Å². The molecule has 0 radical (unpaired) electrons. The molecule has 3 heteroatoms. The predicted molar refractivity (Wildman–Crippen MR) is 99.8 cm³/mol. The van der Waals surface area contributed by atoms with Crippen LogP contribution in [-0.2, 0) is 0 Å². The molecule has 0 bridgehead atoms. The molecule has 0 spiro atoms. The molecule has 0 aliphatic rings. The lowest BCUT2D eigenvalue weighted by atomic mass is 10.2. The summed E-state index contributed by atoms with van der Waals surface area (Å²) in [5.41, 5.74) is 4.61. The number of fused-ring (bicyclic) bond motifs is 3. The van der Waals surface area contributed by atoms with Gasteiger partial charge in [0.15, 0.2) is 5.75 Å². The van der Waals surface area contributed by atoms with E-state index in [-0.39, 0.29) is 0 Å². The maximum absolute atomic E-state index is 5.69. The van der Waals surface area contributed by atoms with E-state index in [9.17, 15) is 0 Å². The quantitative estimate of drug-likeness (QED) is 0.433. The Kier molecular flexibility index (Phi) is 3.38. The van der Waals surface area contributed by atoms with Gasteiger partial charge in [0, 0.05) is 10.8 Å². The van der Waals surface area contributed by atoms with Gasteiger partial charge >= 0.3 is 0 Å². The molecule has 1 heterocycles. The molecule has 2 nitrogen and oxygen atoms in total. The van der Waals surface area contributed by atoms with E-state index in [0.29, 0.717) is 0 Å². The van der Waals surface area contributed by atoms with Crippen LogP contribution in [0.1, 0.15) is 5.56 Å². The van der Waals surface area contributed by atoms with Gasteiger partial charge in [-0.25, -0.2) is 0 Å². The Hall–Kier alpha value is -2.26. The van der Waals surface area contributed by atoms with Gasteiger partial charge in [-0.2, -0.15) is 0 Å². The lowest BCUT2D eigenvalue weighted by Crippen LogP contribution is -1.99. The van der Waals surface area contributed by atoms with Crippen molar-refractivity contribution in [1.29, 1.82) is 0 Å². The lowest BCUT2D eigenvalue weighted by Gasteiger charge is -2.15. The molecule has 0 aliphatic carbocycles. The summed E-state index contributed by atoms with van der Waals surface area (Å²) in [6.07, 6.45) is 0. The van der Waals surface area contributed by atoms with Gasteiger partial charge in [-0.1, -0.05) is 36.4 Å². The highest BCUT2D eigenvalue weighted by Gasteiger charge is 2.16. The lowest BCUT2D eigenvalue weighted by molar-refractivity contribution is 0.410. The number of hydrogen-bond donors (Lipinski definition) is 0. The Labute approximate surface area is 143 Å². The van der Waals surface area contributed by atoms with E-state index < -0.39 is 0 Å². The molecule has 0 amide bonds. The molecule has 0 N–H and O–H groups in total. The molecule has 114 valence electrons. The third-order valence-electron chi connectivity index (χ3n) is 4.19. The maximum Gasteiger partial charge on any atom is 0.157 e. The minimum Gasteiger partial charge on any atom is -0.493 e. The van der Waals surface area contributed by atoms with Crippen molar-refractivity contribution in [3.05, 3.63) is 70.7 Å². The number of para-hydroxylation sites is 2. The van der Waals surface area contributed by atoms with Crippen molar-refractivity contribution in [2.75, 3.05) is 7.11 Å². The smallest absolute Gasteiger partial charge is 0.157 e. The van der Waals surface area contributed by atoms with Crippen LogP contribution in [0.4, 0.5) is 0 Å². The van der Waals surface area contributed by atoms with Crippen molar-refractivity contribution >= 4 is 37.7 Å². The fourth-order valence-electron chi connectivity index (χ4n) is 3.26. The summed E-state index contributed by atoms with van der Waals surface area (Å²) in [5.74, 6) is 0.849. The van der Waals surface area contributed by atoms with Gasteiger partial charge in [0.2, 0.25) is 0 Å². The third-order valence-corrected chi connectivity index (χ3v) is 4.78. The number of nitrogens with zero attached hydrogens (tertiary/aromatic N) is 1. The average Bonchev–Trinajstić information content (AvgIpc) is 2.89. The highest BCUT2D eigenvalue weighted by Crippen LogP contribution is 2.38.